The zero-order valence-corrected chi connectivity index (χ0v) is 13.1. The Labute approximate surface area is 127 Å². The molecule has 2 N–H and O–H groups in total. The molecule has 1 atom stereocenters. The van der Waals surface area contributed by atoms with Gasteiger partial charge >= 0.3 is 6.03 Å². The molecule has 2 aromatic heterocycles. The highest BCUT2D eigenvalue weighted by Crippen LogP contribution is 2.17. The largest absolute Gasteiger partial charge is 0.328 e. The molecule has 0 saturated carbocycles. The van der Waals surface area contributed by atoms with Gasteiger partial charge in [-0.05, 0) is 13.3 Å². The second-order valence-corrected chi connectivity index (χ2v) is 5.79. The summed E-state index contributed by atoms with van der Waals surface area (Å²) in [6, 6.07) is -0.575. The number of unbranched alkanes of at least 4 members (excludes halogenated alkanes) is 1. The van der Waals surface area contributed by atoms with Gasteiger partial charge in [-0.25, -0.2) is 4.79 Å². The van der Waals surface area contributed by atoms with Crippen LogP contribution in [0.25, 0.3) is 0 Å². The number of nitrogens with zero attached hydrogens (tertiary/aromatic N) is 5. The molecule has 9 heteroatoms. The van der Waals surface area contributed by atoms with Crippen LogP contribution in [0, 0.1) is 0 Å². The van der Waals surface area contributed by atoms with Gasteiger partial charge in [0, 0.05) is 13.5 Å². The van der Waals surface area contributed by atoms with Crippen molar-refractivity contribution in [3.05, 3.63) is 17.2 Å². The van der Waals surface area contributed by atoms with E-state index in [9.17, 15) is 4.79 Å². The average Bonchev–Trinajstić information content (AvgIpc) is 3.05. The third-order valence-corrected chi connectivity index (χ3v) is 3.81. The Morgan fingerprint density at radius 3 is 2.90 bits per heavy atom. The van der Waals surface area contributed by atoms with Crippen LogP contribution >= 0.6 is 11.3 Å². The van der Waals surface area contributed by atoms with Gasteiger partial charge in [-0.1, -0.05) is 24.7 Å². The summed E-state index contributed by atoms with van der Waals surface area (Å²) in [6.45, 7) is 3.97. The summed E-state index contributed by atoms with van der Waals surface area (Å²) in [7, 11) is 1.83. The average molecular weight is 309 g/mol. The zero-order valence-electron chi connectivity index (χ0n) is 12.3. The molecule has 2 heterocycles. The van der Waals surface area contributed by atoms with Gasteiger partial charge in [0.2, 0.25) is 5.13 Å². The fourth-order valence-electron chi connectivity index (χ4n) is 1.81. The maximum absolute atomic E-state index is 11.9. The van der Waals surface area contributed by atoms with Crippen LogP contribution in [0.1, 0.15) is 43.6 Å². The van der Waals surface area contributed by atoms with Gasteiger partial charge in [-0.2, -0.15) is 0 Å². The molecule has 8 nitrogen and oxygen atoms in total. The lowest BCUT2D eigenvalue weighted by molar-refractivity contribution is 0.248. The standard InChI is InChI=1S/C12H19N7OS/c1-4-5-6-9-16-18-12(21-9)15-11(20)14-8(2)10-17-13-7-19(10)3/h7-8H,4-6H2,1-3H3,(H2,14,15,18,20)/t8-/m0/s1. The number of anilines is 1. The molecule has 2 amide bonds. The molecule has 114 valence electrons. The SMILES string of the molecule is CCCCc1nnc(NC(=O)N[C@@H](C)c2nncn2C)s1. The van der Waals surface area contributed by atoms with Gasteiger partial charge in [0.25, 0.3) is 0 Å². The van der Waals surface area contributed by atoms with Gasteiger partial charge in [0.05, 0.1) is 6.04 Å². The number of amides is 2. The lowest BCUT2D eigenvalue weighted by Gasteiger charge is -2.12. The van der Waals surface area contributed by atoms with Crippen LogP contribution in [0.5, 0.6) is 0 Å². The van der Waals surface area contributed by atoms with Crippen molar-refractivity contribution in [3.8, 4) is 0 Å². The molecule has 0 radical (unpaired) electrons. The van der Waals surface area contributed by atoms with Crippen molar-refractivity contribution < 1.29 is 4.79 Å². The lowest BCUT2D eigenvalue weighted by atomic mass is 10.3. The molecule has 0 aliphatic rings. The first kappa shape index (κ1) is 15.4. The Balaban J connectivity index is 1.87. The Morgan fingerprint density at radius 2 is 2.24 bits per heavy atom. The van der Waals surface area contributed by atoms with E-state index < -0.39 is 0 Å². The van der Waals surface area contributed by atoms with Crippen LogP contribution in [0.4, 0.5) is 9.93 Å². The van der Waals surface area contributed by atoms with E-state index in [4.69, 9.17) is 0 Å². The van der Waals surface area contributed by atoms with Crippen molar-refractivity contribution in [2.24, 2.45) is 7.05 Å². The predicted octanol–water partition coefficient (Wildman–Crippen LogP) is 1.89. The number of rotatable bonds is 6. The first-order chi connectivity index (χ1) is 10.1. The molecule has 21 heavy (non-hydrogen) atoms. The van der Waals surface area contributed by atoms with E-state index in [0.29, 0.717) is 11.0 Å². The van der Waals surface area contributed by atoms with Crippen LogP contribution in [0.2, 0.25) is 0 Å². The lowest BCUT2D eigenvalue weighted by Crippen LogP contribution is -2.32. The number of urea groups is 1. The van der Waals surface area contributed by atoms with E-state index in [2.05, 4.69) is 38.0 Å². The van der Waals surface area contributed by atoms with Crippen molar-refractivity contribution >= 4 is 22.5 Å². The highest BCUT2D eigenvalue weighted by Gasteiger charge is 2.15. The summed E-state index contributed by atoms with van der Waals surface area (Å²) in [5, 5.41) is 22.7. The molecule has 0 bridgehead atoms. The fraction of sp³-hybridized carbons (Fsp3) is 0.583. The highest BCUT2D eigenvalue weighted by atomic mass is 32.1. The number of carbonyl (C=O) groups is 1. The number of hydrogen-bond donors (Lipinski definition) is 2. The van der Waals surface area contributed by atoms with Gasteiger partial charge < -0.3 is 9.88 Å². The Bertz CT molecular complexity index is 594. The minimum atomic E-state index is -0.330. The number of aromatic nitrogens is 5. The minimum Gasteiger partial charge on any atom is -0.328 e. The van der Waals surface area contributed by atoms with Crippen LogP contribution in [0.3, 0.4) is 0 Å². The van der Waals surface area contributed by atoms with E-state index in [0.717, 1.165) is 24.3 Å². The van der Waals surface area contributed by atoms with Crippen LogP contribution < -0.4 is 10.6 Å². The highest BCUT2D eigenvalue weighted by molar-refractivity contribution is 7.15. The second kappa shape index (κ2) is 7.11. The molecular formula is C12H19N7OS. The topological polar surface area (TPSA) is 97.6 Å². The number of carbonyl (C=O) groups excluding carboxylic acids is 1. The summed E-state index contributed by atoms with van der Waals surface area (Å²) in [6.07, 6.45) is 4.67. The second-order valence-electron chi connectivity index (χ2n) is 4.72. The molecule has 0 aliphatic heterocycles. The van der Waals surface area contributed by atoms with E-state index in [1.54, 1.807) is 10.9 Å². The quantitative estimate of drug-likeness (QED) is 0.849. The van der Waals surface area contributed by atoms with Crippen molar-refractivity contribution in [3.63, 3.8) is 0 Å². The van der Waals surface area contributed by atoms with Crippen molar-refractivity contribution in [1.82, 2.24) is 30.3 Å². The summed E-state index contributed by atoms with van der Waals surface area (Å²) < 4.78 is 1.76. The Morgan fingerprint density at radius 1 is 1.43 bits per heavy atom. The maximum Gasteiger partial charge on any atom is 0.321 e. The molecule has 0 saturated heterocycles. The molecule has 2 aromatic rings. The predicted molar refractivity (Wildman–Crippen MR) is 80.1 cm³/mol. The first-order valence-corrected chi connectivity index (χ1v) is 7.65. The molecule has 0 aromatic carbocycles. The fourth-order valence-corrected chi connectivity index (χ4v) is 2.59. The maximum atomic E-state index is 11.9. The summed E-state index contributed by atoms with van der Waals surface area (Å²) in [5.41, 5.74) is 0. The molecule has 0 fully saturated rings. The van der Waals surface area contributed by atoms with Gasteiger partial charge in [-0.15, -0.1) is 20.4 Å². The van der Waals surface area contributed by atoms with Crippen LogP contribution in [-0.4, -0.2) is 31.0 Å². The van der Waals surface area contributed by atoms with Crippen LogP contribution in [0.15, 0.2) is 6.33 Å². The normalized spacial score (nSPS) is 12.1. The molecule has 0 aliphatic carbocycles. The van der Waals surface area contributed by atoms with E-state index >= 15 is 0 Å². The van der Waals surface area contributed by atoms with E-state index in [-0.39, 0.29) is 12.1 Å². The van der Waals surface area contributed by atoms with Crippen LogP contribution in [-0.2, 0) is 13.5 Å². The zero-order chi connectivity index (χ0) is 15.2. The molecular weight excluding hydrogens is 290 g/mol. The molecule has 0 unspecified atom stereocenters. The first-order valence-electron chi connectivity index (χ1n) is 6.84. The number of aryl methyl sites for hydroxylation is 2. The van der Waals surface area contributed by atoms with E-state index in [1.807, 2.05) is 14.0 Å². The van der Waals surface area contributed by atoms with Gasteiger partial charge in [0.1, 0.15) is 11.3 Å². The molecule has 2 rings (SSSR count). The third-order valence-electron chi connectivity index (χ3n) is 2.91. The summed E-state index contributed by atoms with van der Waals surface area (Å²) in [5.74, 6) is 0.686. The number of hydrogen-bond acceptors (Lipinski definition) is 6. The molecule has 0 spiro atoms. The van der Waals surface area contributed by atoms with Crippen molar-refractivity contribution in [2.45, 2.75) is 39.2 Å². The summed E-state index contributed by atoms with van der Waals surface area (Å²) in [4.78, 5) is 11.9. The Kier molecular flexibility index (Phi) is 5.20. The number of nitrogens with one attached hydrogen (secondary N) is 2. The minimum absolute atomic E-state index is 0.245. The summed E-state index contributed by atoms with van der Waals surface area (Å²) >= 11 is 1.40. The van der Waals surface area contributed by atoms with Crippen molar-refractivity contribution in [1.29, 1.82) is 0 Å². The van der Waals surface area contributed by atoms with Crippen molar-refractivity contribution in [2.75, 3.05) is 5.32 Å². The third kappa shape index (κ3) is 4.22. The Hall–Kier alpha value is -2.03. The van der Waals surface area contributed by atoms with Gasteiger partial charge in [-0.3, -0.25) is 5.32 Å². The smallest absolute Gasteiger partial charge is 0.321 e. The van der Waals surface area contributed by atoms with E-state index in [1.165, 1.54) is 11.3 Å². The monoisotopic (exact) mass is 309 g/mol. The van der Waals surface area contributed by atoms with Gasteiger partial charge in [0.15, 0.2) is 5.82 Å².